The zero-order valence-corrected chi connectivity index (χ0v) is 85.9. The molecule has 3 saturated heterocycles. The first-order valence-corrected chi connectivity index (χ1v) is 49.6. The molecule has 18 heterocycles. The van der Waals surface area contributed by atoms with Crippen LogP contribution < -0.4 is 46.5 Å². The highest BCUT2D eigenvalue weighted by Gasteiger charge is 2.48. The number of aromatic nitrogens is 15. The van der Waals surface area contributed by atoms with Gasteiger partial charge in [-0.2, -0.15) is 0 Å². The predicted octanol–water partition coefficient (Wildman–Crippen LogP) is 17.1. The molecule has 143 heavy (non-hydrogen) atoms. The van der Waals surface area contributed by atoms with Gasteiger partial charge in [0, 0.05) is 129 Å². The van der Waals surface area contributed by atoms with Gasteiger partial charge in [-0.15, -0.1) is 0 Å². The van der Waals surface area contributed by atoms with Gasteiger partial charge >= 0.3 is 0 Å². The smallest absolute Gasteiger partial charge is 0.282 e. The second-order valence-electron chi connectivity index (χ2n) is 39.7. The van der Waals surface area contributed by atoms with Crippen molar-refractivity contribution in [3.63, 3.8) is 0 Å². The summed E-state index contributed by atoms with van der Waals surface area (Å²) in [7, 11) is 6.06. The number of likely N-dealkylation sites (N-methyl/N-ethyl adjacent to an activating group) is 1. The number of halogens is 3. The predicted molar refractivity (Wildman–Crippen MR) is 571 cm³/mol. The van der Waals surface area contributed by atoms with Crippen LogP contribution in [0.1, 0.15) is 137 Å². The van der Waals surface area contributed by atoms with Crippen LogP contribution in [0.4, 0.5) is 34.1 Å². The van der Waals surface area contributed by atoms with Gasteiger partial charge in [-0.1, -0.05) is 114 Å². The Kier molecular flexibility index (Phi) is 25.9. The third-order valence-corrected chi connectivity index (χ3v) is 29.8. The number of nitrogens with zero attached hydrogens (tertiary/aromatic N) is 21. The summed E-state index contributed by atoms with van der Waals surface area (Å²) in [6.07, 6.45) is 15.2. The van der Waals surface area contributed by atoms with Crippen LogP contribution in [0.25, 0.3) is 117 Å². The second-order valence-corrected chi connectivity index (χ2v) is 40.9. The van der Waals surface area contributed by atoms with E-state index in [0.717, 1.165) is 141 Å². The van der Waals surface area contributed by atoms with Crippen LogP contribution >= 0.6 is 34.8 Å². The van der Waals surface area contributed by atoms with Crippen molar-refractivity contribution in [1.82, 2.24) is 93.1 Å². The molecule has 3 fully saturated rings. The molecule has 6 aliphatic rings. The maximum absolute atomic E-state index is 15.5. The lowest BCUT2D eigenvalue weighted by Crippen LogP contribution is -2.64. The number of anilines is 6. The van der Waals surface area contributed by atoms with Crippen molar-refractivity contribution in [1.29, 1.82) is 0 Å². The van der Waals surface area contributed by atoms with Crippen molar-refractivity contribution in [3.05, 3.63) is 245 Å². The van der Waals surface area contributed by atoms with Gasteiger partial charge < -0.3 is 64.4 Å². The molecule has 6 atom stereocenters. The standard InChI is InChI=1S/C39H46ClN9O2.C35H37ClN8O2.C34H33ClN8O3/c1-9-30(50)47-20-26-19-46(16-10-15-45(7)8)37-36(48(26)18-25(47)6)27-17-28(40)33(31-23(4)11-12-29-34(31)43-21-42-29)44-38(27)49(39(37)51)35-24(5)13-14-41-32(35)22(2)3;1-8-26(45)42-16-22-15-41(7)33-32(43(22)14-21(42)6)23-13-24(36)29(27-19(4)9-10-25-30(27)39-17-38-25)40-34(23)44(35(33)46)31-20(5)11-12-37-28(31)18(2)3;1-7-24(44)41-14-23-33(45)40-29-31(42(23)13-19(41)6)20-12-21(35)27(25-17(4)8-9-22-28(25)38-15-37-22)39-32(20)43(34(29)46)30-18(5)10-11-36-26(30)16(2)3/h9,11-14,17,21-22,25-26H,1,10,15-16,18-20H2,2-8H3,(H,42,43);8-13,17-18,21-22H,1,14-16H2,2-7H3,(H,38,39);7-12,15-16,19,23H,1,13-14H2,2-6H3,(H,37,38)(H,40,45). The second kappa shape index (κ2) is 38.1. The Balaban J connectivity index is 0.000000136. The third-order valence-electron chi connectivity index (χ3n) is 28.9. The number of H-pyrrole nitrogens is 3. The quantitative estimate of drug-likeness (QED) is 0.0653. The molecule has 3 aromatic carbocycles. The maximum Gasteiger partial charge on any atom is 0.282 e. The Labute approximate surface area is 842 Å². The van der Waals surface area contributed by atoms with Crippen molar-refractivity contribution in [2.75, 3.05) is 116 Å². The number of fused-ring (bicyclic) bond motifs is 18. The summed E-state index contributed by atoms with van der Waals surface area (Å²) in [6.45, 7) is 46.7. The van der Waals surface area contributed by atoms with Gasteiger partial charge in [0.05, 0.1) is 154 Å². The largest absolute Gasteiger partial charge is 0.366 e. The molecule has 0 bridgehead atoms. The van der Waals surface area contributed by atoms with Crippen LogP contribution in [-0.4, -0.2) is 240 Å². The summed E-state index contributed by atoms with van der Waals surface area (Å²) in [5, 5.41) is 6.34. The van der Waals surface area contributed by atoms with E-state index >= 15 is 9.59 Å². The number of carbonyl (C=O) groups excluding carboxylic acids is 4. The van der Waals surface area contributed by atoms with Crippen LogP contribution in [-0.2, 0) is 19.2 Å². The van der Waals surface area contributed by atoms with Gasteiger partial charge in [0.2, 0.25) is 23.6 Å². The molecule has 4 N–H and O–H groups in total. The molecular weight excluding hydrogens is 1870 g/mol. The summed E-state index contributed by atoms with van der Waals surface area (Å²) in [5.74, 6) is -0.719. The van der Waals surface area contributed by atoms with Crippen molar-refractivity contribution >= 4 is 159 Å². The highest BCUT2D eigenvalue weighted by atomic mass is 35.5. The van der Waals surface area contributed by atoms with Gasteiger partial charge in [-0.3, -0.25) is 62.2 Å². The molecule has 4 amide bonds. The summed E-state index contributed by atoms with van der Waals surface area (Å²) in [4.78, 5) is 169. The zero-order valence-electron chi connectivity index (χ0n) is 83.6. The number of benzene rings is 3. The first kappa shape index (κ1) is 97.4. The van der Waals surface area contributed by atoms with E-state index in [1.165, 1.54) is 18.2 Å². The van der Waals surface area contributed by atoms with Gasteiger partial charge in [-0.05, 0) is 213 Å². The number of piperazine rings is 3. The molecular formula is C108H116Cl3N25O7. The molecule has 0 radical (unpaired) electrons. The summed E-state index contributed by atoms with van der Waals surface area (Å²) in [6, 6.07) is 22.2. The lowest BCUT2D eigenvalue weighted by atomic mass is 9.97. The highest BCUT2D eigenvalue weighted by Crippen LogP contribution is 2.50. The van der Waals surface area contributed by atoms with Crippen LogP contribution in [0.15, 0.2) is 163 Å². The van der Waals surface area contributed by atoms with Gasteiger partial charge in [0.25, 0.3) is 16.7 Å². The molecule has 12 aromatic heterocycles. The number of amides is 4. The van der Waals surface area contributed by atoms with Gasteiger partial charge in [0.1, 0.15) is 40.0 Å². The average Bonchev–Trinajstić information content (AvgIpc) is 1.68. The minimum atomic E-state index is -0.726. The Morgan fingerprint density at radius 1 is 0.434 bits per heavy atom. The molecule has 35 heteroatoms. The molecule has 15 aromatic rings. The number of hydrogen-bond acceptors (Lipinski definition) is 22. The van der Waals surface area contributed by atoms with E-state index in [4.69, 9.17) is 59.7 Å². The number of rotatable bonds is 16. The lowest BCUT2D eigenvalue weighted by molar-refractivity contribution is -0.131. The molecule has 0 saturated carbocycles. The first-order valence-electron chi connectivity index (χ1n) is 48.5. The topological polar surface area (TPSA) is 339 Å². The Morgan fingerprint density at radius 2 is 0.790 bits per heavy atom. The van der Waals surface area contributed by atoms with E-state index in [0.29, 0.717) is 135 Å². The SMILES string of the molecule is C=CC(=O)N1CC2C(=O)Nc3c(c4cc(Cl)c(-c5c(C)ccc6[nH]cnc56)nc4n(-c4c(C)ccnc4C(C)C)c3=O)N2CC1C.C=CC(=O)N1CC2CN(C)c3c(c4cc(Cl)c(-c5c(C)ccc6[nH]cnc56)nc4n(-c4c(C)ccnc4C(C)C)c3=O)N2CC1C.C=CC(=O)N1CC2CN(CCCN(C)C)c3c(c4cc(Cl)c(-c5c(C)ccc6[nH]cnc56)nc4n(-c4c(C)ccnc4C(C)C)c3=O)N2CC1C. The van der Waals surface area contributed by atoms with Crippen molar-refractivity contribution in [3.8, 4) is 50.8 Å². The fraction of sp³-hybridized carbons (Fsp3) is 0.352. The normalized spacial score (nSPS) is 17.7. The minimum absolute atomic E-state index is 0.0185. The molecule has 0 spiro atoms. The lowest BCUT2D eigenvalue weighted by Gasteiger charge is -2.52. The monoisotopic (exact) mass is 1980 g/mol. The van der Waals surface area contributed by atoms with E-state index in [9.17, 15) is 24.0 Å². The zero-order chi connectivity index (χ0) is 102. The Bertz CT molecular complexity index is 8030. The number of nitrogens with one attached hydrogen (secondary N) is 4. The molecule has 32 nitrogen and oxygen atoms in total. The third kappa shape index (κ3) is 16.5. The first-order chi connectivity index (χ1) is 68.4. The molecule has 21 rings (SSSR count). The van der Waals surface area contributed by atoms with E-state index in [1.54, 1.807) is 56.2 Å². The highest BCUT2D eigenvalue weighted by molar-refractivity contribution is 6.36. The van der Waals surface area contributed by atoms with Crippen LogP contribution in [0.5, 0.6) is 0 Å². The number of pyridine rings is 9. The van der Waals surface area contributed by atoms with Crippen LogP contribution in [0.3, 0.4) is 0 Å². The summed E-state index contributed by atoms with van der Waals surface area (Å²) >= 11 is 21.6. The fourth-order valence-electron chi connectivity index (χ4n) is 22.0. The maximum atomic E-state index is 15.5. The number of aryl methyl sites for hydroxylation is 6. The number of aromatic amines is 3. The molecule has 736 valence electrons. The van der Waals surface area contributed by atoms with Crippen molar-refractivity contribution in [2.45, 2.75) is 164 Å². The number of hydrogen-bond donors (Lipinski definition) is 4. The Morgan fingerprint density at radius 3 is 1.17 bits per heavy atom. The van der Waals surface area contributed by atoms with Crippen molar-refractivity contribution in [2.24, 2.45) is 0 Å². The van der Waals surface area contributed by atoms with Gasteiger partial charge in [0.15, 0.2) is 0 Å². The number of imidazole rings is 3. The summed E-state index contributed by atoms with van der Waals surface area (Å²) in [5.41, 5.74) is 22.9. The summed E-state index contributed by atoms with van der Waals surface area (Å²) < 4.78 is 5.09. The van der Waals surface area contributed by atoms with E-state index in [2.05, 4.69) is 128 Å². The van der Waals surface area contributed by atoms with Crippen LogP contribution in [0.2, 0.25) is 15.1 Å². The van der Waals surface area contributed by atoms with E-state index in [-0.39, 0.29) is 94.9 Å². The number of carbonyl (C=O) groups is 4. The van der Waals surface area contributed by atoms with Crippen LogP contribution in [0, 0.1) is 41.5 Å². The van der Waals surface area contributed by atoms with E-state index in [1.807, 2.05) is 169 Å². The molecule has 6 unspecified atom stereocenters. The minimum Gasteiger partial charge on any atom is -0.366 e. The van der Waals surface area contributed by atoms with E-state index < -0.39 is 11.6 Å². The van der Waals surface area contributed by atoms with Crippen molar-refractivity contribution < 1.29 is 19.2 Å². The van der Waals surface area contributed by atoms with Gasteiger partial charge in [-0.25, -0.2) is 29.9 Å². The fourth-order valence-corrected chi connectivity index (χ4v) is 22.8. The molecule has 0 aliphatic carbocycles. The Hall–Kier alpha value is -14.5. The average molecular weight is 1980 g/mol. The molecule has 6 aliphatic heterocycles.